The highest BCUT2D eigenvalue weighted by molar-refractivity contribution is 5.98. The summed E-state index contributed by atoms with van der Waals surface area (Å²) in [6, 6.07) is 16.8. The normalized spacial score (nSPS) is 10.3. The minimum absolute atomic E-state index is 0.186. The molecule has 0 aliphatic carbocycles. The van der Waals surface area contributed by atoms with Crippen molar-refractivity contribution in [3.05, 3.63) is 90.0 Å². The molecule has 0 saturated heterocycles. The number of carbonyl (C=O) groups excluding carboxylic acids is 2. The molecule has 132 valence electrons. The van der Waals surface area contributed by atoms with Gasteiger partial charge in [-0.3, -0.25) is 20.4 Å². The van der Waals surface area contributed by atoms with Crippen molar-refractivity contribution in [2.75, 3.05) is 0 Å². The van der Waals surface area contributed by atoms with Gasteiger partial charge in [-0.25, -0.2) is 4.39 Å². The molecule has 2 aromatic carbocycles. The van der Waals surface area contributed by atoms with Gasteiger partial charge in [-0.1, -0.05) is 24.3 Å². The highest BCUT2D eigenvalue weighted by Crippen LogP contribution is 2.14. The first-order valence-electron chi connectivity index (χ1n) is 8.19. The maximum absolute atomic E-state index is 12.9. The van der Waals surface area contributed by atoms with E-state index in [9.17, 15) is 14.0 Å². The lowest BCUT2D eigenvalue weighted by molar-refractivity contribution is -0.121. The summed E-state index contributed by atoms with van der Waals surface area (Å²) in [5, 5.41) is 0. The van der Waals surface area contributed by atoms with Crippen LogP contribution in [0.4, 0.5) is 4.39 Å². The fraction of sp³-hybridized carbons (Fsp3) is 0.100. The molecule has 2 N–H and O–H groups in total. The third-order valence-electron chi connectivity index (χ3n) is 3.90. The van der Waals surface area contributed by atoms with Crippen LogP contribution >= 0.6 is 0 Å². The van der Waals surface area contributed by atoms with Crippen molar-refractivity contribution < 1.29 is 14.0 Å². The maximum atomic E-state index is 12.9. The molecule has 0 atom stereocenters. The van der Waals surface area contributed by atoms with Crippen molar-refractivity contribution in [1.29, 1.82) is 0 Å². The average molecular weight is 351 g/mol. The Bertz CT molecular complexity index is 890. The Kier molecular flexibility index (Phi) is 5.43. The van der Waals surface area contributed by atoms with Crippen LogP contribution in [0.5, 0.6) is 0 Å². The lowest BCUT2D eigenvalue weighted by Gasteiger charge is -2.12. The molecule has 3 aromatic rings. The van der Waals surface area contributed by atoms with Crippen LogP contribution in [0.2, 0.25) is 0 Å². The maximum Gasteiger partial charge on any atom is 0.271 e. The van der Waals surface area contributed by atoms with E-state index in [1.165, 1.54) is 12.1 Å². The van der Waals surface area contributed by atoms with Gasteiger partial charge < -0.3 is 4.57 Å². The van der Waals surface area contributed by atoms with Crippen LogP contribution in [0.1, 0.15) is 22.3 Å². The quantitative estimate of drug-likeness (QED) is 0.694. The molecule has 0 bridgehead atoms. The fourth-order valence-electron chi connectivity index (χ4n) is 2.55. The van der Waals surface area contributed by atoms with Crippen LogP contribution in [-0.2, 0) is 11.2 Å². The highest BCUT2D eigenvalue weighted by Gasteiger charge is 2.12. The van der Waals surface area contributed by atoms with Gasteiger partial charge in [-0.05, 0) is 48.4 Å². The Hall–Kier alpha value is -3.41. The molecule has 6 heteroatoms. The molecule has 0 fully saturated rings. The van der Waals surface area contributed by atoms with Crippen LogP contribution in [-0.4, -0.2) is 16.4 Å². The molecule has 5 nitrogen and oxygen atoms in total. The number of hydrogen-bond acceptors (Lipinski definition) is 2. The molecular weight excluding hydrogens is 333 g/mol. The minimum Gasteiger partial charge on any atom is -0.323 e. The lowest BCUT2D eigenvalue weighted by Crippen LogP contribution is -2.42. The monoisotopic (exact) mass is 351 g/mol. The second kappa shape index (κ2) is 8.11. The molecule has 1 aromatic heterocycles. The number of carbonyl (C=O) groups is 2. The summed E-state index contributed by atoms with van der Waals surface area (Å²) in [5.41, 5.74) is 6.87. The number of rotatable bonds is 5. The zero-order valence-electron chi connectivity index (χ0n) is 14.0. The fourth-order valence-corrected chi connectivity index (χ4v) is 2.55. The number of aromatic nitrogens is 1. The van der Waals surface area contributed by atoms with Gasteiger partial charge >= 0.3 is 0 Å². The third kappa shape index (κ3) is 4.36. The molecule has 2 amide bonds. The Morgan fingerprint density at radius 2 is 1.58 bits per heavy atom. The van der Waals surface area contributed by atoms with Gasteiger partial charge in [0.15, 0.2) is 0 Å². The van der Waals surface area contributed by atoms with Gasteiger partial charge in [0.05, 0.1) is 11.3 Å². The predicted octanol–water partition coefficient (Wildman–Crippen LogP) is 3.01. The molecular formula is C20H18FN3O2. The van der Waals surface area contributed by atoms with Gasteiger partial charge in [0.2, 0.25) is 5.91 Å². The molecule has 3 rings (SSSR count). The number of halogens is 1. The number of hydrogen-bond donors (Lipinski definition) is 2. The summed E-state index contributed by atoms with van der Waals surface area (Å²) in [4.78, 5) is 24.3. The summed E-state index contributed by atoms with van der Waals surface area (Å²) in [6.07, 6.45) is 4.33. The average Bonchev–Trinajstić information content (AvgIpc) is 3.20. The topological polar surface area (TPSA) is 63.1 Å². The number of para-hydroxylation sites is 1. The van der Waals surface area contributed by atoms with Gasteiger partial charge in [0.25, 0.3) is 5.91 Å². The molecule has 0 unspecified atom stereocenters. The zero-order valence-corrected chi connectivity index (χ0v) is 14.0. The number of nitrogens with zero attached hydrogens (tertiary/aromatic N) is 1. The van der Waals surface area contributed by atoms with E-state index in [2.05, 4.69) is 10.9 Å². The molecule has 0 spiro atoms. The Morgan fingerprint density at radius 3 is 2.31 bits per heavy atom. The van der Waals surface area contributed by atoms with Crippen molar-refractivity contribution in [3.8, 4) is 5.69 Å². The number of hydrazine groups is 1. The highest BCUT2D eigenvalue weighted by atomic mass is 19.1. The van der Waals surface area contributed by atoms with Crippen LogP contribution in [0.3, 0.4) is 0 Å². The van der Waals surface area contributed by atoms with Crippen molar-refractivity contribution in [2.24, 2.45) is 0 Å². The second-order valence-electron chi connectivity index (χ2n) is 5.74. The summed E-state index contributed by atoms with van der Waals surface area (Å²) in [7, 11) is 0. The molecule has 0 aliphatic heterocycles. The van der Waals surface area contributed by atoms with E-state index in [1.807, 2.05) is 41.2 Å². The van der Waals surface area contributed by atoms with E-state index >= 15 is 0 Å². The van der Waals surface area contributed by atoms with E-state index in [0.717, 1.165) is 11.3 Å². The van der Waals surface area contributed by atoms with Gasteiger partial charge in [-0.2, -0.15) is 0 Å². The molecule has 0 radical (unpaired) electrons. The lowest BCUT2D eigenvalue weighted by atomic mass is 10.1. The van der Waals surface area contributed by atoms with Crippen LogP contribution < -0.4 is 10.9 Å². The number of amides is 2. The number of nitrogens with one attached hydrogen (secondary N) is 2. The second-order valence-corrected chi connectivity index (χ2v) is 5.74. The van der Waals surface area contributed by atoms with E-state index in [4.69, 9.17) is 0 Å². The van der Waals surface area contributed by atoms with Gasteiger partial charge in [0, 0.05) is 18.8 Å². The van der Waals surface area contributed by atoms with Crippen LogP contribution in [0.25, 0.3) is 5.69 Å². The third-order valence-corrected chi connectivity index (χ3v) is 3.90. The van der Waals surface area contributed by atoms with Crippen molar-refractivity contribution in [1.82, 2.24) is 15.4 Å². The summed E-state index contributed by atoms with van der Waals surface area (Å²) in [6.45, 7) is 0. The van der Waals surface area contributed by atoms with Gasteiger partial charge in [0.1, 0.15) is 5.82 Å². The smallest absolute Gasteiger partial charge is 0.271 e. The van der Waals surface area contributed by atoms with E-state index in [-0.39, 0.29) is 18.1 Å². The largest absolute Gasteiger partial charge is 0.323 e. The van der Waals surface area contributed by atoms with Gasteiger partial charge in [-0.15, -0.1) is 0 Å². The van der Waals surface area contributed by atoms with Crippen LogP contribution in [0.15, 0.2) is 73.1 Å². The van der Waals surface area contributed by atoms with E-state index < -0.39 is 5.91 Å². The first-order valence-corrected chi connectivity index (χ1v) is 8.19. The number of aryl methyl sites for hydroxylation is 1. The number of benzene rings is 2. The van der Waals surface area contributed by atoms with Crippen molar-refractivity contribution >= 4 is 11.8 Å². The first-order chi connectivity index (χ1) is 12.6. The van der Waals surface area contributed by atoms with Crippen LogP contribution in [0, 0.1) is 5.82 Å². The molecule has 0 saturated carbocycles. The minimum atomic E-state index is -0.399. The SMILES string of the molecule is O=C(CCc1ccc(F)cc1)NNC(=O)c1ccccc1-n1cccc1. The molecule has 1 heterocycles. The Morgan fingerprint density at radius 1 is 0.885 bits per heavy atom. The standard InChI is InChI=1S/C20H18FN3O2/c21-16-10-7-15(8-11-16)9-12-19(25)22-23-20(26)17-5-1-2-6-18(17)24-13-3-4-14-24/h1-8,10-11,13-14H,9,12H2,(H,22,25)(H,23,26). The van der Waals surface area contributed by atoms with E-state index in [0.29, 0.717) is 12.0 Å². The molecule has 0 aliphatic rings. The van der Waals surface area contributed by atoms with Crippen molar-refractivity contribution in [2.45, 2.75) is 12.8 Å². The summed E-state index contributed by atoms with van der Waals surface area (Å²) >= 11 is 0. The molecule has 26 heavy (non-hydrogen) atoms. The zero-order chi connectivity index (χ0) is 18.4. The first kappa shape index (κ1) is 17.4. The predicted molar refractivity (Wildman–Crippen MR) is 96.1 cm³/mol. The summed E-state index contributed by atoms with van der Waals surface area (Å²) < 4.78 is 14.7. The Labute approximate surface area is 150 Å². The summed E-state index contributed by atoms with van der Waals surface area (Å²) in [5.74, 6) is -1.03. The van der Waals surface area contributed by atoms with Crippen molar-refractivity contribution in [3.63, 3.8) is 0 Å². The van der Waals surface area contributed by atoms with E-state index in [1.54, 1.807) is 24.3 Å². The Balaban J connectivity index is 1.56.